The molecule has 0 radical (unpaired) electrons. The molecule has 1 unspecified atom stereocenters. The molecule has 0 saturated carbocycles. The fourth-order valence-electron chi connectivity index (χ4n) is 2.47. The van der Waals surface area contributed by atoms with E-state index in [2.05, 4.69) is 0 Å². The van der Waals surface area contributed by atoms with Crippen LogP contribution in [0.4, 0.5) is 4.39 Å². The zero-order chi connectivity index (χ0) is 15.9. The molecule has 1 atom stereocenters. The molecule has 1 N–H and O–H groups in total. The lowest BCUT2D eigenvalue weighted by molar-refractivity contribution is -0.140. The minimum atomic E-state index is -0.838. The number of ether oxygens (including phenoxy) is 1. The lowest BCUT2D eigenvalue weighted by Crippen LogP contribution is -2.42. The van der Waals surface area contributed by atoms with Gasteiger partial charge in [-0.25, -0.2) is 4.39 Å². The van der Waals surface area contributed by atoms with E-state index in [0.29, 0.717) is 39.0 Å². The first-order chi connectivity index (χ1) is 10.6. The highest BCUT2D eigenvalue weighted by molar-refractivity contribution is 5.76. The molecule has 5 nitrogen and oxygen atoms in total. The maximum atomic E-state index is 12.9. The summed E-state index contributed by atoms with van der Waals surface area (Å²) in [5, 5.41) is 8.57. The number of nitrogens with zero attached hydrogens (tertiary/aromatic N) is 1. The third-order valence-electron chi connectivity index (χ3n) is 3.69. The molecule has 1 aliphatic heterocycles. The molecule has 1 aliphatic rings. The van der Waals surface area contributed by atoms with Crippen molar-refractivity contribution in [3.8, 4) is 0 Å². The maximum absolute atomic E-state index is 12.9. The zero-order valence-electron chi connectivity index (χ0n) is 12.3. The van der Waals surface area contributed by atoms with Gasteiger partial charge in [0.25, 0.3) is 0 Å². The van der Waals surface area contributed by atoms with E-state index in [-0.39, 0.29) is 24.2 Å². The maximum Gasteiger partial charge on any atom is 0.303 e. The Morgan fingerprint density at radius 3 is 2.59 bits per heavy atom. The summed E-state index contributed by atoms with van der Waals surface area (Å²) in [5.74, 6) is -1.12. The molecular formula is C16H20FNO4. The number of benzene rings is 1. The number of aliphatic carboxylic acids is 1. The Labute approximate surface area is 128 Å². The van der Waals surface area contributed by atoms with Crippen LogP contribution < -0.4 is 0 Å². The van der Waals surface area contributed by atoms with Gasteiger partial charge in [-0.1, -0.05) is 12.1 Å². The quantitative estimate of drug-likeness (QED) is 0.819. The van der Waals surface area contributed by atoms with Crippen LogP contribution in [0, 0.1) is 5.82 Å². The second-order valence-electron chi connectivity index (χ2n) is 5.35. The van der Waals surface area contributed by atoms with Crippen LogP contribution in [0.2, 0.25) is 0 Å². The van der Waals surface area contributed by atoms with E-state index >= 15 is 0 Å². The Balaban J connectivity index is 1.83. The smallest absolute Gasteiger partial charge is 0.303 e. The third kappa shape index (κ3) is 4.80. The second-order valence-corrected chi connectivity index (χ2v) is 5.35. The summed E-state index contributed by atoms with van der Waals surface area (Å²) in [7, 11) is 0. The van der Waals surface area contributed by atoms with E-state index in [9.17, 15) is 14.0 Å². The molecule has 0 spiro atoms. The van der Waals surface area contributed by atoms with Crippen LogP contribution in [0.15, 0.2) is 24.3 Å². The Bertz CT molecular complexity index is 517. The lowest BCUT2D eigenvalue weighted by Gasteiger charge is -2.33. The van der Waals surface area contributed by atoms with Crippen LogP contribution in [-0.2, 0) is 14.3 Å². The van der Waals surface area contributed by atoms with Crippen LogP contribution in [0.5, 0.6) is 0 Å². The topological polar surface area (TPSA) is 66.8 Å². The van der Waals surface area contributed by atoms with Gasteiger partial charge in [-0.2, -0.15) is 0 Å². The number of hydrogen-bond donors (Lipinski definition) is 1. The van der Waals surface area contributed by atoms with Crippen LogP contribution in [0.3, 0.4) is 0 Å². The molecule has 0 aromatic heterocycles. The van der Waals surface area contributed by atoms with Gasteiger partial charge in [-0.15, -0.1) is 0 Å². The molecule has 2 rings (SSSR count). The highest BCUT2D eigenvalue weighted by Gasteiger charge is 2.25. The van der Waals surface area contributed by atoms with Crippen molar-refractivity contribution in [2.45, 2.75) is 31.8 Å². The number of unbranched alkanes of at least 4 members (excludes halogenated alkanes) is 1. The predicted molar refractivity (Wildman–Crippen MR) is 77.8 cm³/mol. The fourth-order valence-corrected chi connectivity index (χ4v) is 2.47. The highest BCUT2D eigenvalue weighted by Crippen LogP contribution is 2.23. The molecule has 1 amide bonds. The molecule has 1 saturated heterocycles. The number of carbonyl (C=O) groups is 2. The monoisotopic (exact) mass is 309 g/mol. The number of halogens is 1. The molecule has 0 aliphatic carbocycles. The summed E-state index contributed by atoms with van der Waals surface area (Å²) < 4.78 is 18.6. The zero-order valence-corrected chi connectivity index (χ0v) is 12.3. The number of hydrogen-bond acceptors (Lipinski definition) is 3. The van der Waals surface area contributed by atoms with Crippen molar-refractivity contribution in [3.05, 3.63) is 35.6 Å². The molecular weight excluding hydrogens is 289 g/mol. The van der Waals surface area contributed by atoms with E-state index in [1.54, 1.807) is 17.0 Å². The summed E-state index contributed by atoms with van der Waals surface area (Å²) in [5.41, 5.74) is 0.852. The number of amides is 1. The van der Waals surface area contributed by atoms with Crippen LogP contribution in [0.1, 0.15) is 37.4 Å². The SMILES string of the molecule is O=C(O)CCCCC(=O)N1CCOC(c2ccc(F)cc2)C1. The number of carboxylic acid groups (broad SMARTS) is 1. The highest BCUT2D eigenvalue weighted by atomic mass is 19.1. The van der Waals surface area contributed by atoms with Gasteiger partial charge in [0.05, 0.1) is 13.2 Å². The molecule has 120 valence electrons. The van der Waals surface area contributed by atoms with Gasteiger partial charge in [0.2, 0.25) is 5.91 Å². The Morgan fingerprint density at radius 2 is 1.91 bits per heavy atom. The summed E-state index contributed by atoms with van der Waals surface area (Å²) in [6, 6.07) is 6.10. The van der Waals surface area contributed by atoms with Crippen molar-refractivity contribution in [3.63, 3.8) is 0 Å². The van der Waals surface area contributed by atoms with Crippen LogP contribution in [-0.4, -0.2) is 41.6 Å². The summed E-state index contributed by atoms with van der Waals surface area (Å²) in [4.78, 5) is 24.3. The van der Waals surface area contributed by atoms with Crippen molar-refractivity contribution in [2.75, 3.05) is 19.7 Å². The summed E-state index contributed by atoms with van der Waals surface area (Å²) in [6.45, 7) is 1.43. The molecule has 1 aromatic carbocycles. The van der Waals surface area contributed by atoms with Gasteiger partial charge in [0, 0.05) is 19.4 Å². The van der Waals surface area contributed by atoms with Gasteiger partial charge in [0.15, 0.2) is 0 Å². The van der Waals surface area contributed by atoms with E-state index < -0.39 is 5.97 Å². The average Bonchev–Trinajstić information content (AvgIpc) is 2.52. The Hall–Kier alpha value is -1.95. The van der Waals surface area contributed by atoms with Gasteiger partial charge in [-0.05, 0) is 30.5 Å². The number of morpholine rings is 1. The van der Waals surface area contributed by atoms with Crippen LogP contribution >= 0.6 is 0 Å². The van der Waals surface area contributed by atoms with Gasteiger partial charge in [0.1, 0.15) is 11.9 Å². The third-order valence-corrected chi connectivity index (χ3v) is 3.69. The molecule has 1 fully saturated rings. The normalized spacial score (nSPS) is 18.2. The Morgan fingerprint density at radius 1 is 1.23 bits per heavy atom. The fraction of sp³-hybridized carbons (Fsp3) is 0.500. The second kappa shape index (κ2) is 7.89. The van der Waals surface area contributed by atoms with Crippen LogP contribution in [0.25, 0.3) is 0 Å². The van der Waals surface area contributed by atoms with Crippen molar-refractivity contribution < 1.29 is 23.8 Å². The first-order valence-electron chi connectivity index (χ1n) is 7.43. The average molecular weight is 309 g/mol. The summed E-state index contributed by atoms with van der Waals surface area (Å²) in [6.07, 6.45) is 1.28. The molecule has 0 bridgehead atoms. The van der Waals surface area contributed by atoms with Crippen molar-refractivity contribution in [2.24, 2.45) is 0 Å². The first-order valence-corrected chi connectivity index (χ1v) is 7.43. The van der Waals surface area contributed by atoms with E-state index in [1.807, 2.05) is 0 Å². The van der Waals surface area contributed by atoms with Gasteiger partial charge >= 0.3 is 5.97 Å². The molecule has 1 heterocycles. The van der Waals surface area contributed by atoms with Crippen molar-refractivity contribution >= 4 is 11.9 Å². The van der Waals surface area contributed by atoms with E-state index in [1.165, 1.54) is 12.1 Å². The van der Waals surface area contributed by atoms with E-state index in [0.717, 1.165) is 5.56 Å². The predicted octanol–water partition coefficient (Wildman–Crippen LogP) is 2.37. The minimum absolute atomic E-state index is 0.0146. The molecule has 1 aromatic rings. The largest absolute Gasteiger partial charge is 0.481 e. The van der Waals surface area contributed by atoms with E-state index in [4.69, 9.17) is 9.84 Å². The van der Waals surface area contributed by atoms with Crippen molar-refractivity contribution in [1.82, 2.24) is 4.90 Å². The lowest BCUT2D eigenvalue weighted by atomic mass is 10.1. The standard InChI is InChI=1S/C16H20FNO4/c17-13-7-5-12(6-8-13)14-11-18(9-10-22-14)15(19)3-1-2-4-16(20)21/h5-8,14H,1-4,9-11H2,(H,20,21). The first kappa shape index (κ1) is 16.4. The molecule has 22 heavy (non-hydrogen) atoms. The number of carboxylic acids is 1. The number of rotatable bonds is 6. The van der Waals surface area contributed by atoms with Gasteiger partial charge in [-0.3, -0.25) is 9.59 Å². The minimum Gasteiger partial charge on any atom is -0.481 e. The number of carbonyl (C=O) groups excluding carboxylic acids is 1. The van der Waals surface area contributed by atoms with Gasteiger partial charge < -0.3 is 14.7 Å². The van der Waals surface area contributed by atoms with Crippen molar-refractivity contribution in [1.29, 1.82) is 0 Å². The summed E-state index contributed by atoms with van der Waals surface area (Å²) >= 11 is 0. The molecule has 6 heteroatoms. The Kier molecular flexibility index (Phi) is 5.89.